The van der Waals surface area contributed by atoms with Gasteiger partial charge in [0.25, 0.3) is 15.9 Å². The number of nitrogens with one attached hydrogen (secondary N) is 1. The molecule has 1 saturated heterocycles. The highest BCUT2D eigenvalue weighted by Gasteiger charge is 2.27. The lowest BCUT2D eigenvalue weighted by atomic mass is 10.1. The zero-order valence-corrected chi connectivity index (χ0v) is 17.2. The summed E-state index contributed by atoms with van der Waals surface area (Å²) in [7, 11) is -4.00. The molecule has 2 aromatic rings. The highest BCUT2D eigenvalue weighted by molar-refractivity contribution is 7.92. The molecule has 3 rings (SSSR count). The van der Waals surface area contributed by atoms with Gasteiger partial charge in [0.15, 0.2) is 5.69 Å². The highest BCUT2D eigenvalue weighted by Crippen LogP contribution is 2.26. The Morgan fingerprint density at radius 2 is 1.86 bits per heavy atom. The van der Waals surface area contributed by atoms with Gasteiger partial charge in [-0.25, -0.2) is 13.4 Å². The number of likely N-dealkylation sites (tertiary alicyclic amines) is 1. The van der Waals surface area contributed by atoms with Crippen molar-refractivity contribution in [3.63, 3.8) is 0 Å². The molecule has 0 atom stereocenters. The first-order chi connectivity index (χ1) is 13.2. The van der Waals surface area contributed by atoms with Gasteiger partial charge in [-0.05, 0) is 36.8 Å². The Labute approximate surface area is 172 Å². The van der Waals surface area contributed by atoms with Gasteiger partial charge in [-0.15, -0.1) is 0 Å². The predicted molar refractivity (Wildman–Crippen MR) is 106 cm³/mol. The quantitative estimate of drug-likeness (QED) is 0.784. The van der Waals surface area contributed by atoms with Crippen molar-refractivity contribution < 1.29 is 18.0 Å². The largest absolute Gasteiger partial charge is 0.336 e. The number of sulfonamides is 1. The molecular formula is C18H17Cl2N3O4S. The summed E-state index contributed by atoms with van der Waals surface area (Å²) in [5, 5.41) is 0.620. The van der Waals surface area contributed by atoms with E-state index >= 15 is 0 Å². The summed E-state index contributed by atoms with van der Waals surface area (Å²) >= 11 is 11.9. The summed E-state index contributed by atoms with van der Waals surface area (Å²) in [5.74, 6) is -0.374. The molecule has 0 radical (unpaired) electrons. The number of amides is 1. The molecule has 1 aromatic carbocycles. The van der Waals surface area contributed by atoms with E-state index in [0.29, 0.717) is 10.6 Å². The second-order valence-corrected chi connectivity index (χ2v) is 8.92. The van der Waals surface area contributed by atoms with Crippen molar-refractivity contribution in [2.24, 2.45) is 0 Å². The smallest absolute Gasteiger partial charge is 0.274 e. The Morgan fingerprint density at radius 3 is 2.50 bits per heavy atom. The number of hydrogen-bond donors (Lipinski definition) is 1. The lowest BCUT2D eigenvalue weighted by molar-refractivity contribution is -0.120. The van der Waals surface area contributed by atoms with E-state index in [1.54, 1.807) is 6.92 Å². The molecule has 0 spiro atoms. The lowest BCUT2D eigenvalue weighted by Crippen LogP contribution is -2.39. The molecule has 0 unspecified atom stereocenters. The van der Waals surface area contributed by atoms with E-state index in [9.17, 15) is 18.0 Å². The number of halogens is 2. The molecule has 1 aliphatic rings. The van der Waals surface area contributed by atoms with Crippen molar-refractivity contribution in [2.45, 2.75) is 24.7 Å². The maximum atomic E-state index is 12.8. The van der Waals surface area contributed by atoms with Crippen LogP contribution in [0, 0.1) is 6.92 Å². The van der Waals surface area contributed by atoms with Gasteiger partial charge in [-0.2, -0.15) is 0 Å². The molecule has 1 aliphatic heterocycles. The van der Waals surface area contributed by atoms with E-state index < -0.39 is 15.9 Å². The fourth-order valence-electron chi connectivity index (χ4n) is 2.78. The molecule has 1 N–H and O–H groups in total. The minimum Gasteiger partial charge on any atom is -0.336 e. The van der Waals surface area contributed by atoms with Gasteiger partial charge in [0.2, 0.25) is 0 Å². The monoisotopic (exact) mass is 441 g/mol. The normalized spacial score (nSPS) is 14.8. The third-order valence-corrected chi connectivity index (χ3v) is 6.34. The third-order valence-electron chi connectivity index (χ3n) is 4.35. The topological polar surface area (TPSA) is 96.4 Å². The molecule has 1 amide bonds. The maximum absolute atomic E-state index is 12.8. The van der Waals surface area contributed by atoms with Crippen molar-refractivity contribution in [1.82, 2.24) is 9.88 Å². The first kappa shape index (κ1) is 20.6. The third kappa shape index (κ3) is 4.45. The van der Waals surface area contributed by atoms with E-state index in [1.165, 1.54) is 35.4 Å². The number of benzene rings is 1. The molecule has 148 valence electrons. The van der Waals surface area contributed by atoms with Crippen LogP contribution in [0.15, 0.2) is 35.4 Å². The van der Waals surface area contributed by atoms with Crippen LogP contribution < -0.4 is 4.72 Å². The number of carbonyl (C=O) groups is 2. The van der Waals surface area contributed by atoms with Crippen LogP contribution in [0.5, 0.6) is 0 Å². The number of hydrogen-bond acceptors (Lipinski definition) is 5. The number of nitrogens with zero attached hydrogens (tertiary/aromatic N) is 2. The molecule has 0 aliphatic carbocycles. The standard InChI is InChI=1S/C18H17Cl2N3O4S/c1-11-8-14(2-3-15(11)20)28(26,27)22-16-9-12(19)10-21-17(16)18(25)23-6-4-13(24)5-7-23/h2-3,8-10,22H,4-7H2,1H3. The predicted octanol–water partition coefficient (Wildman–Crippen LogP) is 3.30. The molecule has 28 heavy (non-hydrogen) atoms. The number of Topliss-reactive ketones (excluding diaryl/α,β-unsaturated/α-hetero) is 1. The Kier molecular flexibility index (Phi) is 5.92. The second-order valence-electron chi connectivity index (χ2n) is 6.40. The number of rotatable bonds is 4. The highest BCUT2D eigenvalue weighted by atomic mass is 35.5. The van der Waals surface area contributed by atoms with Gasteiger partial charge in [0.1, 0.15) is 5.78 Å². The van der Waals surface area contributed by atoms with Gasteiger partial charge in [-0.3, -0.25) is 14.3 Å². The lowest BCUT2D eigenvalue weighted by Gasteiger charge is -2.26. The molecular weight excluding hydrogens is 425 g/mol. The van der Waals surface area contributed by atoms with E-state index in [-0.39, 0.29) is 53.0 Å². The SMILES string of the molecule is Cc1cc(S(=O)(=O)Nc2cc(Cl)cnc2C(=O)N2CCC(=O)CC2)ccc1Cl. The van der Waals surface area contributed by atoms with Crippen molar-refractivity contribution >= 4 is 50.6 Å². The molecule has 7 nitrogen and oxygen atoms in total. The van der Waals surface area contributed by atoms with E-state index in [0.717, 1.165) is 0 Å². The summed E-state index contributed by atoms with van der Waals surface area (Å²) in [5.41, 5.74) is 0.498. The number of ketones is 1. The minimum absolute atomic E-state index is 0.00339. The summed E-state index contributed by atoms with van der Waals surface area (Å²) in [6, 6.07) is 5.61. The van der Waals surface area contributed by atoms with Gasteiger partial charge in [0.05, 0.1) is 15.6 Å². The van der Waals surface area contributed by atoms with E-state index in [2.05, 4.69) is 9.71 Å². The molecule has 0 bridgehead atoms. The summed E-state index contributed by atoms with van der Waals surface area (Å²) in [6.07, 6.45) is 1.81. The molecule has 1 aromatic heterocycles. The van der Waals surface area contributed by atoms with Gasteiger partial charge < -0.3 is 4.90 Å². The molecule has 0 saturated carbocycles. The Morgan fingerprint density at radius 1 is 1.18 bits per heavy atom. The number of anilines is 1. The van der Waals surface area contributed by atoms with Crippen molar-refractivity contribution in [2.75, 3.05) is 17.8 Å². The zero-order valence-electron chi connectivity index (χ0n) is 14.9. The van der Waals surface area contributed by atoms with Crippen LogP contribution in [0.25, 0.3) is 0 Å². The van der Waals surface area contributed by atoms with Gasteiger partial charge >= 0.3 is 0 Å². The van der Waals surface area contributed by atoms with Gasteiger partial charge in [0, 0.05) is 37.2 Å². The molecule has 2 heterocycles. The molecule has 10 heteroatoms. The fraction of sp³-hybridized carbons (Fsp3) is 0.278. The summed E-state index contributed by atoms with van der Waals surface area (Å²) < 4.78 is 27.9. The average Bonchev–Trinajstić information content (AvgIpc) is 2.64. The number of piperidine rings is 1. The van der Waals surface area contributed by atoms with Crippen LogP contribution in [-0.2, 0) is 14.8 Å². The minimum atomic E-state index is -4.00. The first-order valence-corrected chi connectivity index (χ1v) is 10.7. The molecule has 1 fully saturated rings. The Balaban J connectivity index is 1.93. The number of aromatic nitrogens is 1. The summed E-state index contributed by atoms with van der Waals surface area (Å²) in [4.78, 5) is 29.7. The first-order valence-electron chi connectivity index (χ1n) is 8.43. The van der Waals surface area contributed by atoms with E-state index in [1.807, 2.05) is 0 Å². The van der Waals surface area contributed by atoms with Crippen LogP contribution in [0.2, 0.25) is 10.0 Å². The maximum Gasteiger partial charge on any atom is 0.274 e. The number of pyridine rings is 1. The summed E-state index contributed by atoms with van der Waals surface area (Å²) in [6.45, 7) is 2.23. The van der Waals surface area contributed by atoms with Crippen LogP contribution in [0.4, 0.5) is 5.69 Å². The second kappa shape index (κ2) is 8.06. The average molecular weight is 442 g/mol. The Hall–Kier alpha value is -2.16. The van der Waals surface area contributed by atoms with Crippen molar-refractivity contribution in [3.05, 3.63) is 51.8 Å². The van der Waals surface area contributed by atoms with Crippen LogP contribution in [0.1, 0.15) is 28.9 Å². The van der Waals surface area contributed by atoms with Crippen molar-refractivity contribution in [3.8, 4) is 0 Å². The van der Waals surface area contributed by atoms with Crippen LogP contribution in [0.3, 0.4) is 0 Å². The van der Waals surface area contributed by atoms with Crippen molar-refractivity contribution in [1.29, 1.82) is 0 Å². The fourth-order valence-corrected chi connectivity index (χ4v) is 4.20. The number of aryl methyl sites for hydroxylation is 1. The van der Waals surface area contributed by atoms with Crippen LogP contribution in [-0.4, -0.2) is 43.1 Å². The Bertz CT molecular complexity index is 1050. The number of carbonyl (C=O) groups excluding carboxylic acids is 2. The zero-order chi connectivity index (χ0) is 20.5. The van der Waals surface area contributed by atoms with Crippen LogP contribution >= 0.6 is 23.2 Å². The van der Waals surface area contributed by atoms with Gasteiger partial charge in [-0.1, -0.05) is 23.2 Å². The van der Waals surface area contributed by atoms with E-state index in [4.69, 9.17) is 23.2 Å².